The molecular weight excluding hydrogens is 232 g/mol. The lowest BCUT2D eigenvalue weighted by atomic mass is 10.0. The molecule has 2 heterocycles. The molecule has 0 radical (unpaired) electrons. The maximum absolute atomic E-state index is 3.89. The molecule has 0 unspecified atom stereocenters. The lowest BCUT2D eigenvalue weighted by Gasteiger charge is -2.11. The van der Waals surface area contributed by atoms with Gasteiger partial charge in [-0.2, -0.15) is 0 Å². The van der Waals surface area contributed by atoms with E-state index in [1.165, 1.54) is 16.8 Å². The number of benzene rings is 1. The van der Waals surface area contributed by atoms with Crippen LogP contribution in [0.5, 0.6) is 0 Å². The molecule has 2 heteroatoms. The first-order chi connectivity index (χ1) is 9.22. The summed E-state index contributed by atoms with van der Waals surface area (Å²) in [5, 5.41) is 0. The summed E-state index contributed by atoms with van der Waals surface area (Å²) in [5.74, 6) is 0. The molecule has 0 bridgehead atoms. The van der Waals surface area contributed by atoms with Crippen LogP contribution in [0.1, 0.15) is 11.1 Å². The molecule has 2 nitrogen and oxygen atoms in total. The van der Waals surface area contributed by atoms with E-state index in [4.69, 9.17) is 0 Å². The lowest BCUT2D eigenvalue weighted by molar-refractivity contribution is 0.758. The van der Waals surface area contributed by atoms with Crippen LogP contribution >= 0.6 is 0 Å². The van der Waals surface area contributed by atoms with Crippen LogP contribution in [-0.4, -0.2) is 4.57 Å². The Balaban J connectivity index is 2.45. The smallest absolute Gasteiger partial charge is 0.222 e. The first kappa shape index (κ1) is 11.7. The van der Waals surface area contributed by atoms with Gasteiger partial charge in [-0.3, -0.25) is 9.14 Å². The van der Waals surface area contributed by atoms with Gasteiger partial charge in [0.05, 0.1) is 19.4 Å². The average molecular weight is 248 g/mol. The van der Waals surface area contributed by atoms with Gasteiger partial charge in [-0.1, -0.05) is 35.4 Å². The highest BCUT2D eigenvalue weighted by atomic mass is 15.1. The molecular formula is C17H16N2. The fourth-order valence-electron chi connectivity index (χ4n) is 2.48. The van der Waals surface area contributed by atoms with Gasteiger partial charge in [0.1, 0.15) is 0 Å². The molecule has 94 valence electrons. The molecule has 19 heavy (non-hydrogen) atoms. The molecule has 0 spiro atoms. The van der Waals surface area contributed by atoms with Crippen molar-refractivity contribution in [2.75, 3.05) is 0 Å². The fourth-order valence-corrected chi connectivity index (χ4v) is 2.48. The second-order valence-electron chi connectivity index (χ2n) is 4.71. The lowest BCUT2D eigenvalue weighted by Crippen LogP contribution is -2.28. The monoisotopic (exact) mass is 248 g/mol. The third-order valence-corrected chi connectivity index (χ3v) is 3.44. The Morgan fingerprint density at radius 3 is 2.79 bits per heavy atom. The van der Waals surface area contributed by atoms with Gasteiger partial charge >= 0.3 is 0 Å². The number of hydrogen-bond donors (Lipinski definition) is 0. The summed E-state index contributed by atoms with van der Waals surface area (Å²) >= 11 is 0. The summed E-state index contributed by atoms with van der Waals surface area (Å²) < 4.78 is 4.21. The summed E-state index contributed by atoms with van der Waals surface area (Å²) in [6, 6.07) is 12.5. The third kappa shape index (κ3) is 1.76. The highest BCUT2D eigenvalue weighted by Crippen LogP contribution is 2.33. The van der Waals surface area contributed by atoms with Crippen molar-refractivity contribution in [2.24, 2.45) is 7.05 Å². The van der Waals surface area contributed by atoms with E-state index in [1.54, 1.807) is 0 Å². The molecule has 3 rings (SSSR count). The van der Waals surface area contributed by atoms with Crippen molar-refractivity contribution < 1.29 is 0 Å². The van der Waals surface area contributed by atoms with Crippen molar-refractivity contribution in [2.45, 2.75) is 6.92 Å². The number of pyridine rings is 1. The number of allylic oxidation sites excluding steroid dienone is 2. The second kappa shape index (κ2) is 4.39. The van der Waals surface area contributed by atoms with Crippen molar-refractivity contribution in [1.82, 2.24) is 9.14 Å². The Morgan fingerprint density at radius 2 is 2.05 bits per heavy atom. The van der Waals surface area contributed by atoms with Gasteiger partial charge in [-0.05, 0) is 24.6 Å². The number of rotatable bonds is 1. The number of fused-ring (bicyclic) bond motifs is 1. The summed E-state index contributed by atoms with van der Waals surface area (Å²) in [6.45, 7) is 6.02. The van der Waals surface area contributed by atoms with E-state index in [9.17, 15) is 0 Å². The fraction of sp³-hybridized carbons (Fsp3) is 0.118. The summed E-state index contributed by atoms with van der Waals surface area (Å²) in [5.41, 5.74) is 5.77. The third-order valence-electron chi connectivity index (χ3n) is 3.44. The molecule has 0 fully saturated rings. The topological polar surface area (TPSA) is 7.94 Å². The number of aromatic nitrogens is 1. The minimum atomic E-state index is 1.04. The summed E-state index contributed by atoms with van der Waals surface area (Å²) in [6.07, 6.45) is 7.32. The highest BCUT2D eigenvalue weighted by molar-refractivity contribution is 5.84. The number of hydrogen-bond acceptors (Lipinski definition) is 0. The van der Waals surface area contributed by atoms with Gasteiger partial charge in [0.15, 0.2) is 0 Å². The van der Waals surface area contributed by atoms with Crippen LogP contribution in [0.15, 0.2) is 55.3 Å². The van der Waals surface area contributed by atoms with E-state index < -0.39 is 0 Å². The van der Waals surface area contributed by atoms with Gasteiger partial charge in [-0.15, -0.1) is 12.7 Å². The van der Waals surface area contributed by atoms with Gasteiger partial charge in [0.25, 0.3) is 0 Å². The number of aryl methyl sites for hydroxylation is 2. The molecule has 1 aliphatic heterocycles. The highest BCUT2D eigenvalue weighted by Gasteiger charge is 2.15. The van der Waals surface area contributed by atoms with Crippen LogP contribution in [-0.2, 0) is 7.05 Å². The standard InChI is InChI=1S/C17H16N2/c1-4-14-12-19(16-10-5-6-11-18(16)3)17-13(2)8-7-9-15(14)17/h4-11H,1H2,2-3H3. The van der Waals surface area contributed by atoms with Crippen molar-refractivity contribution in [3.63, 3.8) is 0 Å². The van der Waals surface area contributed by atoms with E-state index >= 15 is 0 Å². The van der Waals surface area contributed by atoms with Crippen LogP contribution in [0.25, 0.3) is 5.57 Å². The van der Waals surface area contributed by atoms with Crippen LogP contribution < -0.4 is 10.1 Å². The minimum absolute atomic E-state index is 1.04. The SMILES string of the molecule is C=CC1=[C-][N+](=c2ccccn2C)c2c(C)cccc21. The maximum Gasteiger partial charge on any atom is 0.222 e. The van der Waals surface area contributed by atoms with Crippen LogP contribution in [0.2, 0.25) is 0 Å². The van der Waals surface area contributed by atoms with Crippen LogP contribution in [0, 0.1) is 13.1 Å². The first-order valence-corrected chi connectivity index (χ1v) is 6.33. The Labute approximate surface area is 113 Å². The van der Waals surface area contributed by atoms with Gasteiger partial charge in [-0.25, -0.2) is 0 Å². The Bertz CT molecular complexity index is 761. The minimum Gasteiger partial charge on any atom is -0.298 e. The van der Waals surface area contributed by atoms with E-state index in [0.29, 0.717) is 0 Å². The van der Waals surface area contributed by atoms with Gasteiger partial charge < -0.3 is 0 Å². The van der Waals surface area contributed by atoms with Crippen LogP contribution in [0.3, 0.4) is 0 Å². The molecule has 1 aromatic carbocycles. The molecule has 0 amide bonds. The Morgan fingerprint density at radius 1 is 1.21 bits per heavy atom. The molecule has 0 N–H and O–H groups in total. The molecule has 1 aromatic heterocycles. The van der Waals surface area contributed by atoms with Crippen molar-refractivity contribution >= 4 is 11.3 Å². The molecule has 1 aliphatic rings. The van der Waals surface area contributed by atoms with E-state index in [2.05, 4.69) is 53.1 Å². The van der Waals surface area contributed by atoms with E-state index in [0.717, 1.165) is 11.1 Å². The average Bonchev–Trinajstić information content (AvgIpc) is 2.79. The maximum atomic E-state index is 3.89. The second-order valence-corrected chi connectivity index (χ2v) is 4.71. The van der Waals surface area contributed by atoms with E-state index in [1.807, 2.05) is 31.5 Å². The zero-order chi connectivity index (χ0) is 13.4. The summed E-state index contributed by atoms with van der Waals surface area (Å²) in [7, 11) is 2.04. The number of para-hydroxylation sites is 1. The van der Waals surface area contributed by atoms with Crippen molar-refractivity contribution in [3.05, 3.63) is 78.1 Å². The zero-order valence-electron chi connectivity index (χ0n) is 11.2. The number of nitrogens with zero attached hydrogens (tertiary/aromatic N) is 2. The first-order valence-electron chi connectivity index (χ1n) is 6.33. The largest absolute Gasteiger partial charge is 0.298 e. The molecule has 0 saturated heterocycles. The predicted molar refractivity (Wildman–Crippen MR) is 78.4 cm³/mol. The molecule has 0 atom stereocenters. The quantitative estimate of drug-likeness (QED) is 0.541. The normalized spacial score (nSPS) is 16.0. The zero-order valence-corrected chi connectivity index (χ0v) is 11.2. The Kier molecular flexibility index (Phi) is 2.71. The Hall–Kier alpha value is -2.35. The molecule has 0 aliphatic carbocycles. The molecule has 2 aromatic rings. The van der Waals surface area contributed by atoms with Gasteiger partial charge in [0, 0.05) is 5.69 Å². The summed E-state index contributed by atoms with van der Waals surface area (Å²) in [4.78, 5) is 0. The molecule has 0 saturated carbocycles. The van der Waals surface area contributed by atoms with Crippen molar-refractivity contribution in [1.29, 1.82) is 0 Å². The van der Waals surface area contributed by atoms with Gasteiger partial charge in [0.2, 0.25) is 5.49 Å². The van der Waals surface area contributed by atoms with Crippen molar-refractivity contribution in [3.8, 4) is 0 Å². The van der Waals surface area contributed by atoms with Crippen LogP contribution in [0.4, 0.5) is 5.69 Å². The van der Waals surface area contributed by atoms with E-state index in [-0.39, 0.29) is 0 Å². The predicted octanol–water partition coefficient (Wildman–Crippen LogP) is 2.78.